The summed E-state index contributed by atoms with van der Waals surface area (Å²) in [5.41, 5.74) is 4.48. The third-order valence-corrected chi connectivity index (χ3v) is 5.92. The van der Waals surface area contributed by atoms with Gasteiger partial charge in [-0.15, -0.1) is 10.2 Å². The van der Waals surface area contributed by atoms with Gasteiger partial charge in [0.15, 0.2) is 5.78 Å². The van der Waals surface area contributed by atoms with Crippen molar-refractivity contribution in [3.8, 4) is 22.5 Å². The molecular weight excluding hydrogens is 432 g/mol. The molecule has 1 unspecified atom stereocenters. The van der Waals surface area contributed by atoms with Gasteiger partial charge in [-0.25, -0.2) is 4.98 Å². The molecule has 0 aliphatic carbocycles. The van der Waals surface area contributed by atoms with Gasteiger partial charge in [0.25, 0.3) is 0 Å². The van der Waals surface area contributed by atoms with Crippen LogP contribution in [0.4, 0.5) is 5.69 Å². The molecule has 0 radical (unpaired) electrons. The van der Waals surface area contributed by atoms with Gasteiger partial charge in [-0.05, 0) is 38.1 Å². The number of rotatable bonds is 7. The van der Waals surface area contributed by atoms with Crippen LogP contribution in [0.2, 0.25) is 0 Å². The smallest absolute Gasteiger partial charge is 0.237 e. The van der Waals surface area contributed by atoms with E-state index >= 15 is 0 Å². The van der Waals surface area contributed by atoms with Crippen molar-refractivity contribution in [3.63, 3.8) is 0 Å². The average Bonchev–Trinajstić information content (AvgIpc) is 2.85. The standard InChI is InChI=1S/C26H22N4O2S/c1-17(31)19-13-15-22(16-14-19)27-25(32)18(2)33-26-28-23(20-9-5-3-6-10-20)24(29-30-26)21-11-7-4-8-12-21/h3-16,18H,1-2H3,(H,27,32). The van der Waals surface area contributed by atoms with Crippen molar-refractivity contribution in [2.45, 2.75) is 24.3 Å². The number of thioether (sulfide) groups is 1. The molecule has 0 fully saturated rings. The summed E-state index contributed by atoms with van der Waals surface area (Å²) < 4.78 is 0. The van der Waals surface area contributed by atoms with Crippen LogP contribution in [0.25, 0.3) is 22.5 Å². The molecule has 0 saturated heterocycles. The Balaban J connectivity index is 1.55. The summed E-state index contributed by atoms with van der Waals surface area (Å²) in [6.45, 7) is 3.30. The van der Waals surface area contributed by atoms with Crippen molar-refractivity contribution in [2.24, 2.45) is 0 Å². The molecule has 0 saturated carbocycles. The highest BCUT2D eigenvalue weighted by atomic mass is 32.2. The molecule has 6 nitrogen and oxygen atoms in total. The lowest BCUT2D eigenvalue weighted by Crippen LogP contribution is -2.22. The highest BCUT2D eigenvalue weighted by Gasteiger charge is 2.19. The van der Waals surface area contributed by atoms with Crippen LogP contribution in [-0.2, 0) is 4.79 Å². The fourth-order valence-corrected chi connectivity index (χ4v) is 3.91. The fourth-order valence-electron chi connectivity index (χ4n) is 3.19. The molecule has 7 heteroatoms. The summed E-state index contributed by atoms with van der Waals surface area (Å²) in [7, 11) is 0. The molecule has 1 N–H and O–H groups in total. The minimum absolute atomic E-state index is 0.0189. The number of benzene rings is 3. The Bertz CT molecular complexity index is 1260. The van der Waals surface area contributed by atoms with Crippen LogP contribution in [0.3, 0.4) is 0 Å². The molecule has 4 aromatic rings. The van der Waals surface area contributed by atoms with Gasteiger partial charge in [0.1, 0.15) is 11.4 Å². The lowest BCUT2D eigenvalue weighted by molar-refractivity contribution is -0.115. The molecule has 3 aromatic carbocycles. The molecule has 33 heavy (non-hydrogen) atoms. The Morgan fingerprint density at radius 2 is 1.36 bits per heavy atom. The molecular formula is C26H22N4O2S. The minimum atomic E-state index is -0.453. The second kappa shape index (κ2) is 10.2. The molecule has 1 atom stereocenters. The number of hydrogen-bond donors (Lipinski definition) is 1. The topological polar surface area (TPSA) is 84.8 Å². The zero-order chi connectivity index (χ0) is 23.2. The highest BCUT2D eigenvalue weighted by Crippen LogP contribution is 2.30. The maximum Gasteiger partial charge on any atom is 0.237 e. The van der Waals surface area contributed by atoms with Crippen LogP contribution in [0.5, 0.6) is 0 Å². The van der Waals surface area contributed by atoms with Crippen LogP contribution in [0, 0.1) is 0 Å². The van der Waals surface area contributed by atoms with Crippen molar-refractivity contribution in [2.75, 3.05) is 5.32 Å². The van der Waals surface area contributed by atoms with E-state index in [1.807, 2.05) is 60.7 Å². The summed E-state index contributed by atoms with van der Waals surface area (Å²) in [4.78, 5) is 28.9. The van der Waals surface area contributed by atoms with Gasteiger partial charge in [0.05, 0.1) is 5.25 Å². The van der Waals surface area contributed by atoms with Crippen LogP contribution < -0.4 is 5.32 Å². The number of aromatic nitrogens is 3. The van der Waals surface area contributed by atoms with Gasteiger partial charge in [-0.1, -0.05) is 72.4 Å². The van der Waals surface area contributed by atoms with E-state index in [2.05, 4.69) is 15.5 Å². The normalized spacial score (nSPS) is 11.6. The van der Waals surface area contributed by atoms with E-state index in [0.717, 1.165) is 11.1 Å². The quantitative estimate of drug-likeness (QED) is 0.292. The Labute approximate surface area is 196 Å². The summed E-state index contributed by atoms with van der Waals surface area (Å²) in [5, 5.41) is 11.6. The Morgan fingerprint density at radius 3 is 1.94 bits per heavy atom. The molecule has 164 valence electrons. The first-order valence-corrected chi connectivity index (χ1v) is 11.3. The number of hydrogen-bond acceptors (Lipinski definition) is 6. The third-order valence-electron chi connectivity index (χ3n) is 4.97. The van der Waals surface area contributed by atoms with Crippen LogP contribution >= 0.6 is 11.8 Å². The average molecular weight is 455 g/mol. The zero-order valence-corrected chi connectivity index (χ0v) is 19.0. The lowest BCUT2D eigenvalue weighted by Gasteiger charge is -2.13. The molecule has 1 aromatic heterocycles. The number of Topliss-reactive ketones (excluding diaryl/α,β-unsaturated/α-hetero) is 1. The monoisotopic (exact) mass is 454 g/mol. The SMILES string of the molecule is CC(=O)c1ccc(NC(=O)C(C)Sc2nnc(-c3ccccc3)c(-c3ccccc3)n2)cc1. The van der Waals surface area contributed by atoms with Gasteiger partial charge in [-0.3, -0.25) is 9.59 Å². The highest BCUT2D eigenvalue weighted by molar-refractivity contribution is 8.00. The molecule has 0 aliphatic heterocycles. The zero-order valence-electron chi connectivity index (χ0n) is 18.2. The Hall–Kier alpha value is -3.84. The number of carbonyl (C=O) groups is 2. The van der Waals surface area contributed by atoms with Crippen molar-refractivity contribution in [3.05, 3.63) is 90.5 Å². The van der Waals surface area contributed by atoms with Crippen molar-refractivity contribution in [1.82, 2.24) is 15.2 Å². The first-order valence-electron chi connectivity index (χ1n) is 10.5. The number of carbonyl (C=O) groups excluding carboxylic acids is 2. The van der Waals surface area contributed by atoms with Crippen molar-refractivity contribution in [1.29, 1.82) is 0 Å². The van der Waals surface area contributed by atoms with E-state index in [0.29, 0.717) is 27.8 Å². The van der Waals surface area contributed by atoms with Gasteiger partial charge in [0.2, 0.25) is 11.1 Å². The summed E-state index contributed by atoms with van der Waals surface area (Å²) in [6.07, 6.45) is 0. The van der Waals surface area contributed by atoms with Gasteiger partial charge in [-0.2, -0.15) is 0 Å². The molecule has 0 aliphatic rings. The molecule has 1 amide bonds. The second-order valence-corrected chi connectivity index (χ2v) is 8.71. The van der Waals surface area contributed by atoms with E-state index in [9.17, 15) is 9.59 Å². The Kier molecular flexibility index (Phi) is 6.90. The number of ketones is 1. The second-order valence-electron chi connectivity index (χ2n) is 7.41. The Morgan fingerprint density at radius 1 is 0.788 bits per heavy atom. The van der Waals surface area contributed by atoms with Gasteiger partial charge >= 0.3 is 0 Å². The molecule has 4 rings (SSSR count). The molecule has 1 heterocycles. The third kappa shape index (κ3) is 5.51. The number of nitrogens with zero attached hydrogens (tertiary/aromatic N) is 3. The molecule has 0 spiro atoms. The molecule has 0 bridgehead atoms. The van der Waals surface area contributed by atoms with Crippen LogP contribution in [-0.4, -0.2) is 32.1 Å². The maximum absolute atomic E-state index is 12.7. The van der Waals surface area contributed by atoms with E-state index < -0.39 is 5.25 Å². The summed E-state index contributed by atoms with van der Waals surface area (Å²) in [6, 6.07) is 26.4. The lowest BCUT2D eigenvalue weighted by atomic mass is 10.0. The maximum atomic E-state index is 12.7. The number of anilines is 1. The first kappa shape index (κ1) is 22.4. The van der Waals surface area contributed by atoms with Gasteiger partial charge in [0, 0.05) is 22.4 Å². The number of nitrogens with one attached hydrogen (secondary N) is 1. The van der Waals surface area contributed by atoms with E-state index in [1.54, 1.807) is 31.2 Å². The van der Waals surface area contributed by atoms with Crippen molar-refractivity contribution >= 4 is 29.1 Å². The van der Waals surface area contributed by atoms with Crippen LogP contribution in [0.1, 0.15) is 24.2 Å². The predicted octanol–water partition coefficient (Wildman–Crippen LogP) is 5.53. The van der Waals surface area contributed by atoms with Crippen LogP contribution in [0.15, 0.2) is 90.1 Å². The largest absolute Gasteiger partial charge is 0.325 e. The first-order chi connectivity index (χ1) is 16.0. The summed E-state index contributed by atoms with van der Waals surface area (Å²) in [5.74, 6) is -0.206. The van der Waals surface area contributed by atoms with E-state index in [-0.39, 0.29) is 11.7 Å². The van der Waals surface area contributed by atoms with Gasteiger partial charge < -0.3 is 5.32 Å². The van der Waals surface area contributed by atoms with Crippen molar-refractivity contribution < 1.29 is 9.59 Å². The van der Waals surface area contributed by atoms with E-state index in [1.165, 1.54) is 18.7 Å². The minimum Gasteiger partial charge on any atom is -0.325 e. The summed E-state index contributed by atoms with van der Waals surface area (Å²) >= 11 is 1.24. The van der Waals surface area contributed by atoms with E-state index in [4.69, 9.17) is 4.98 Å². The fraction of sp³-hybridized carbons (Fsp3) is 0.115. The predicted molar refractivity (Wildman–Crippen MR) is 131 cm³/mol. The number of amides is 1.